The van der Waals surface area contributed by atoms with Crippen molar-refractivity contribution in [3.63, 3.8) is 0 Å². The van der Waals surface area contributed by atoms with Crippen LogP contribution in [0, 0.1) is 10.1 Å². The maximum atomic E-state index is 13.2. The van der Waals surface area contributed by atoms with Gasteiger partial charge in [0, 0.05) is 30.9 Å². The first-order chi connectivity index (χ1) is 16.7. The lowest BCUT2D eigenvalue weighted by Gasteiger charge is -2.28. The van der Waals surface area contributed by atoms with Gasteiger partial charge in [-0.05, 0) is 47.9 Å². The topological polar surface area (TPSA) is 136 Å². The number of nitro benzene ring substituents is 1. The second-order valence-corrected chi connectivity index (χ2v) is 9.75. The van der Waals surface area contributed by atoms with E-state index < -0.39 is 33.4 Å². The van der Waals surface area contributed by atoms with Crippen LogP contribution < -0.4 is 5.32 Å². The number of hydrogen-bond donors (Lipinski definition) is 1. The zero-order valence-electron chi connectivity index (χ0n) is 18.4. The smallest absolute Gasteiger partial charge is 0.338 e. The lowest BCUT2D eigenvalue weighted by Crippen LogP contribution is -2.36. The Morgan fingerprint density at radius 1 is 1.00 bits per heavy atom. The summed E-state index contributed by atoms with van der Waals surface area (Å²) >= 11 is 0. The highest BCUT2D eigenvalue weighted by Crippen LogP contribution is 2.25. The Hall–Kier alpha value is -4.09. The van der Waals surface area contributed by atoms with Crippen molar-refractivity contribution in [3.8, 4) is 0 Å². The first-order valence-corrected chi connectivity index (χ1v) is 12.1. The molecule has 1 aliphatic heterocycles. The van der Waals surface area contributed by atoms with Crippen LogP contribution in [0.4, 0.5) is 11.4 Å². The van der Waals surface area contributed by atoms with E-state index in [1.807, 2.05) is 24.3 Å². The predicted molar refractivity (Wildman–Crippen MR) is 126 cm³/mol. The van der Waals surface area contributed by atoms with Crippen molar-refractivity contribution < 1.29 is 27.7 Å². The van der Waals surface area contributed by atoms with Crippen LogP contribution in [-0.2, 0) is 32.5 Å². The number of esters is 1. The first kappa shape index (κ1) is 24.0. The summed E-state index contributed by atoms with van der Waals surface area (Å²) in [6.45, 7) is -0.0391. The Balaban J connectivity index is 1.38. The van der Waals surface area contributed by atoms with Gasteiger partial charge in [0.1, 0.15) is 0 Å². The van der Waals surface area contributed by atoms with Gasteiger partial charge in [-0.25, -0.2) is 13.2 Å². The van der Waals surface area contributed by atoms with Gasteiger partial charge in [-0.3, -0.25) is 14.9 Å². The van der Waals surface area contributed by atoms with Gasteiger partial charge in [0.25, 0.3) is 11.6 Å². The Morgan fingerprint density at radius 2 is 1.71 bits per heavy atom. The molecule has 1 amide bonds. The van der Waals surface area contributed by atoms with E-state index in [2.05, 4.69) is 5.32 Å². The molecule has 1 aliphatic rings. The van der Waals surface area contributed by atoms with Crippen LogP contribution in [-0.4, -0.2) is 42.7 Å². The van der Waals surface area contributed by atoms with Crippen LogP contribution in [0.3, 0.4) is 0 Å². The molecule has 1 heterocycles. The predicted octanol–water partition coefficient (Wildman–Crippen LogP) is 3.14. The van der Waals surface area contributed by atoms with E-state index in [1.165, 1.54) is 52.8 Å². The molecule has 0 bridgehead atoms. The van der Waals surface area contributed by atoms with Crippen molar-refractivity contribution >= 4 is 33.3 Å². The van der Waals surface area contributed by atoms with Gasteiger partial charge in [-0.2, -0.15) is 4.31 Å². The van der Waals surface area contributed by atoms with Gasteiger partial charge in [0.2, 0.25) is 10.0 Å². The number of anilines is 1. The second kappa shape index (κ2) is 10.0. The number of non-ortho nitro benzene ring substituents is 1. The number of carbonyl (C=O) groups is 2. The van der Waals surface area contributed by atoms with Gasteiger partial charge in [0.15, 0.2) is 6.61 Å². The fourth-order valence-corrected chi connectivity index (χ4v) is 5.15. The normalized spacial score (nSPS) is 13.5. The molecule has 4 rings (SSSR count). The number of hydrogen-bond acceptors (Lipinski definition) is 7. The summed E-state index contributed by atoms with van der Waals surface area (Å²) < 4.78 is 32.7. The standard InChI is InChI=1S/C24H21N3O7S/c28-23(25-20-8-10-21(11-9-20)27(30)31)16-34-24(29)18-6-3-7-22(14-18)35(32,33)26-13-12-17-4-1-2-5-19(17)15-26/h1-11,14H,12-13,15-16H2,(H,25,28). The van der Waals surface area contributed by atoms with Crippen molar-refractivity contribution in [2.75, 3.05) is 18.5 Å². The molecule has 0 radical (unpaired) electrons. The van der Waals surface area contributed by atoms with E-state index >= 15 is 0 Å². The Labute approximate surface area is 201 Å². The summed E-state index contributed by atoms with van der Waals surface area (Å²) in [6, 6.07) is 18.3. The highest BCUT2D eigenvalue weighted by Gasteiger charge is 2.28. The van der Waals surface area contributed by atoms with Crippen molar-refractivity contribution in [2.24, 2.45) is 0 Å². The number of rotatable bonds is 7. The number of nitro groups is 1. The Morgan fingerprint density at radius 3 is 2.43 bits per heavy atom. The highest BCUT2D eigenvalue weighted by molar-refractivity contribution is 7.89. The van der Waals surface area contributed by atoms with Crippen LogP contribution in [0.1, 0.15) is 21.5 Å². The van der Waals surface area contributed by atoms with Crippen molar-refractivity contribution in [2.45, 2.75) is 17.9 Å². The molecule has 0 spiro atoms. The summed E-state index contributed by atoms with van der Waals surface area (Å²) in [5.74, 6) is -1.51. The summed E-state index contributed by atoms with van der Waals surface area (Å²) in [4.78, 5) is 34.6. The first-order valence-electron chi connectivity index (χ1n) is 10.6. The maximum Gasteiger partial charge on any atom is 0.338 e. The van der Waals surface area contributed by atoms with E-state index in [0.29, 0.717) is 18.7 Å². The molecule has 3 aromatic carbocycles. The third kappa shape index (κ3) is 5.53. The Bertz CT molecular complexity index is 1390. The van der Waals surface area contributed by atoms with Crippen molar-refractivity contribution in [3.05, 3.63) is 99.6 Å². The molecule has 0 fully saturated rings. The minimum absolute atomic E-state index is 0.00776. The van der Waals surface area contributed by atoms with Gasteiger partial charge in [-0.1, -0.05) is 30.3 Å². The molecule has 3 aromatic rings. The van der Waals surface area contributed by atoms with E-state index in [0.717, 1.165) is 11.1 Å². The largest absolute Gasteiger partial charge is 0.452 e. The minimum Gasteiger partial charge on any atom is -0.452 e. The van der Waals surface area contributed by atoms with Crippen LogP contribution in [0.25, 0.3) is 0 Å². The van der Waals surface area contributed by atoms with Crippen LogP contribution in [0.2, 0.25) is 0 Å². The molecule has 1 N–H and O–H groups in total. The average molecular weight is 496 g/mol. The van der Waals surface area contributed by atoms with Gasteiger partial charge < -0.3 is 10.1 Å². The van der Waals surface area contributed by atoms with Gasteiger partial charge in [0.05, 0.1) is 15.4 Å². The van der Waals surface area contributed by atoms with Crippen LogP contribution in [0.5, 0.6) is 0 Å². The summed E-state index contributed by atoms with van der Waals surface area (Å²) in [5, 5.41) is 13.2. The molecular formula is C24H21N3O7S. The molecule has 0 unspecified atom stereocenters. The second-order valence-electron chi connectivity index (χ2n) is 7.81. The number of benzene rings is 3. The number of nitrogens with zero attached hydrogens (tertiary/aromatic N) is 2. The summed E-state index contributed by atoms with van der Waals surface area (Å²) in [5.41, 5.74) is 2.22. The van der Waals surface area contributed by atoms with E-state index in [-0.39, 0.29) is 22.7 Å². The van der Waals surface area contributed by atoms with Gasteiger partial charge >= 0.3 is 5.97 Å². The van der Waals surface area contributed by atoms with E-state index in [1.54, 1.807) is 0 Å². The third-order valence-electron chi connectivity index (χ3n) is 5.50. The highest BCUT2D eigenvalue weighted by atomic mass is 32.2. The molecule has 0 saturated carbocycles. The lowest BCUT2D eigenvalue weighted by atomic mass is 10.0. The van der Waals surface area contributed by atoms with E-state index in [9.17, 15) is 28.1 Å². The zero-order valence-corrected chi connectivity index (χ0v) is 19.2. The minimum atomic E-state index is -3.84. The quantitative estimate of drug-likeness (QED) is 0.302. The molecule has 0 aromatic heterocycles. The number of carbonyl (C=O) groups excluding carboxylic acids is 2. The fraction of sp³-hybridized carbons (Fsp3) is 0.167. The summed E-state index contributed by atoms with van der Waals surface area (Å²) in [6.07, 6.45) is 0.598. The molecule has 0 atom stereocenters. The molecule has 11 heteroatoms. The van der Waals surface area contributed by atoms with Crippen LogP contribution in [0.15, 0.2) is 77.7 Å². The molecule has 0 saturated heterocycles. The molecular weight excluding hydrogens is 474 g/mol. The van der Waals surface area contributed by atoms with Gasteiger partial charge in [-0.15, -0.1) is 0 Å². The summed E-state index contributed by atoms with van der Waals surface area (Å²) in [7, 11) is -3.84. The van der Waals surface area contributed by atoms with Crippen molar-refractivity contribution in [1.82, 2.24) is 4.31 Å². The molecule has 35 heavy (non-hydrogen) atoms. The van der Waals surface area contributed by atoms with E-state index in [4.69, 9.17) is 4.74 Å². The SMILES string of the molecule is O=C(COC(=O)c1cccc(S(=O)(=O)N2CCc3ccccc3C2)c1)Nc1ccc([N+](=O)[O-])cc1. The average Bonchev–Trinajstić information content (AvgIpc) is 2.87. The Kier molecular flexibility index (Phi) is 6.90. The number of amides is 1. The molecule has 0 aliphatic carbocycles. The third-order valence-corrected chi connectivity index (χ3v) is 7.34. The molecule has 180 valence electrons. The fourth-order valence-electron chi connectivity index (χ4n) is 3.69. The monoisotopic (exact) mass is 495 g/mol. The number of fused-ring (bicyclic) bond motifs is 1. The molecule has 10 nitrogen and oxygen atoms in total. The number of sulfonamides is 1. The zero-order chi connectivity index (χ0) is 25.0. The number of ether oxygens (including phenoxy) is 1. The van der Waals surface area contributed by atoms with Crippen molar-refractivity contribution in [1.29, 1.82) is 0 Å². The lowest BCUT2D eigenvalue weighted by molar-refractivity contribution is -0.384. The number of nitrogens with one attached hydrogen (secondary N) is 1. The van der Waals surface area contributed by atoms with Crippen LogP contribution >= 0.6 is 0 Å². The maximum absolute atomic E-state index is 13.2.